The van der Waals surface area contributed by atoms with Crippen molar-refractivity contribution in [1.82, 2.24) is 0 Å². The molecule has 0 atom stereocenters. The average Bonchev–Trinajstić information content (AvgIpc) is 2.60. The summed E-state index contributed by atoms with van der Waals surface area (Å²) in [5.41, 5.74) is 3.21. The number of carbonyl (C=O) groups excluding carboxylic acids is 1. The monoisotopic (exact) mass is 356 g/mol. The molecule has 1 fully saturated rings. The van der Waals surface area contributed by atoms with Crippen LogP contribution in [0.2, 0.25) is 0 Å². The Bertz CT molecular complexity index is 765. The number of amides is 1. The first-order chi connectivity index (χ1) is 12.5. The summed E-state index contributed by atoms with van der Waals surface area (Å²) in [6.07, 6.45) is 3.38. The lowest BCUT2D eigenvalue weighted by Crippen LogP contribution is -2.30. The van der Waals surface area contributed by atoms with Crippen molar-refractivity contribution < 1.29 is 13.9 Å². The summed E-state index contributed by atoms with van der Waals surface area (Å²) in [6, 6.07) is 10.7. The Morgan fingerprint density at radius 1 is 1.08 bits per heavy atom. The predicted molar refractivity (Wildman–Crippen MR) is 103 cm³/mol. The molecular weight excluding hydrogens is 331 g/mol. The normalized spacial score (nSPS) is 14.2. The fourth-order valence-electron chi connectivity index (χ4n) is 3.34. The van der Waals surface area contributed by atoms with Crippen LogP contribution in [-0.4, -0.2) is 25.6 Å². The molecule has 0 bridgehead atoms. The second kappa shape index (κ2) is 8.21. The molecule has 0 spiro atoms. The van der Waals surface area contributed by atoms with E-state index in [2.05, 4.69) is 10.2 Å². The molecule has 1 aliphatic heterocycles. The van der Waals surface area contributed by atoms with Crippen LogP contribution in [0.15, 0.2) is 36.4 Å². The van der Waals surface area contributed by atoms with Gasteiger partial charge in [0.15, 0.2) is 6.61 Å². The Morgan fingerprint density at radius 3 is 2.42 bits per heavy atom. The molecule has 26 heavy (non-hydrogen) atoms. The number of ether oxygens (including phenoxy) is 1. The fourth-order valence-corrected chi connectivity index (χ4v) is 3.34. The molecule has 1 amide bonds. The number of nitrogens with one attached hydrogen (secondary N) is 1. The lowest BCUT2D eigenvalue weighted by Gasteiger charge is -2.29. The van der Waals surface area contributed by atoms with Gasteiger partial charge in [-0.2, -0.15) is 0 Å². The largest absolute Gasteiger partial charge is 0.484 e. The summed E-state index contributed by atoms with van der Waals surface area (Å²) in [5, 5.41) is 2.69. The fraction of sp³-hybridized carbons (Fsp3) is 0.381. The van der Waals surface area contributed by atoms with Crippen molar-refractivity contribution >= 4 is 17.3 Å². The number of anilines is 2. The van der Waals surface area contributed by atoms with Crippen LogP contribution in [0.5, 0.6) is 5.75 Å². The molecule has 2 aromatic rings. The minimum absolute atomic E-state index is 0.113. The zero-order valence-corrected chi connectivity index (χ0v) is 15.3. The average molecular weight is 356 g/mol. The van der Waals surface area contributed by atoms with Crippen molar-refractivity contribution in [3.8, 4) is 5.75 Å². The van der Waals surface area contributed by atoms with Crippen molar-refractivity contribution in [3.63, 3.8) is 0 Å². The molecule has 0 unspecified atom stereocenters. The highest BCUT2D eigenvalue weighted by Crippen LogP contribution is 2.25. The van der Waals surface area contributed by atoms with Gasteiger partial charge in [-0.15, -0.1) is 0 Å². The standard InChI is InChI=1S/C21H25FN2O2/c1-15-10-16(2)12-18(11-15)26-14-21(25)23-17-6-7-20(19(22)13-17)24-8-4-3-5-9-24/h6-7,10-13H,3-5,8-9,14H2,1-2H3,(H,23,25). The van der Waals surface area contributed by atoms with E-state index < -0.39 is 0 Å². The maximum atomic E-state index is 14.4. The van der Waals surface area contributed by atoms with Gasteiger partial charge in [0.25, 0.3) is 5.91 Å². The van der Waals surface area contributed by atoms with Gasteiger partial charge >= 0.3 is 0 Å². The summed E-state index contributed by atoms with van der Waals surface area (Å²) in [7, 11) is 0. The lowest BCUT2D eigenvalue weighted by molar-refractivity contribution is -0.118. The van der Waals surface area contributed by atoms with Crippen molar-refractivity contribution in [2.75, 3.05) is 29.9 Å². The number of carbonyl (C=O) groups is 1. The van der Waals surface area contributed by atoms with Crippen LogP contribution in [0.3, 0.4) is 0 Å². The first-order valence-electron chi connectivity index (χ1n) is 9.07. The molecular formula is C21H25FN2O2. The third kappa shape index (κ3) is 4.75. The number of benzene rings is 2. The van der Waals surface area contributed by atoms with Gasteiger partial charge in [-0.1, -0.05) is 6.07 Å². The Balaban J connectivity index is 1.57. The topological polar surface area (TPSA) is 41.6 Å². The van der Waals surface area contributed by atoms with Crippen molar-refractivity contribution in [1.29, 1.82) is 0 Å². The molecule has 2 aromatic carbocycles. The summed E-state index contributed by atoms with van der Waals surface area (Å²) in [6.45, 7) is 5.61. The predicted octanol–water partition coefficient (Wildman–Crippen LogP) is 4.45. The van der Waals surface area contributed by atoms with Gasteiger partial charge in [0.2, 0.25) is 0 Å². The Labute approximate surface area is 154 Å². The van der Waals surface area contributed by atoms with Crippen LogP contribution in [0.25, 0.3) is 0 Å². The third-order valence-electron chi connectivity index (χ3n) is 4.49. The van der Waals surface area contributed by atoms with Crippen molar-refractivity contribution in [2.24, 2.45) is 0 Å². The maximum Gasteiger partial charge on any atom is 0.262 e. The highest BCUT2D eigenvalue weighted by molar-refractivity contribution is 5.92. The molecule has 1 heterocycles. The summed E-state index contributed by atoms with van der Waals surface area (Å²) >= 11 is 0. The molecule has 5 heteroatoms. The van der Waals surface area contributed by atoms with Gasteiger partial charge in [0.05, 0.1) is 5.69 Å². The Hall–Kier alpha value is -2.56. The van der Waals surface area contributed by atoms with Crippen LogP contribution in [0, 0.1) is 19.7 Å². The Morgan fingerprint density at radius 2 is 1.77 bits per heavy atom. The van der Waals surface area contributed by atoms with Gasteiger partial charge < -0.3 is 15.0 Å². The summed E-state index contributed by atoms with van der Waals surface area (Å²) < 4.78 is 19.9. The number of hydrogen-bond donors (Lipinski definition) is 1. The van der Waals surface area contributed by atoms with E-state index in [1.807, 2.05) is 32.0 Å². The van der Waals surface area contributed by atoms with E-state index in [1.54, 1.807) is 12.1 Å². The number of aryl methyl sites for hydroxylation is 2. The molecule has 0 aliphatic carbocycles. The summed E-state index contributed by atoms with van der Waals surface area (Å²) in [4.78, 5) is 14.1. The van der Waals surface area contributed by atoms with Gasteiger partial charge in [-0.05, 0) is 74.6 Å². The van der Waals surface area contributed by atoms with E-state index in [0.29, 0.717) is 17.1 Å². The SMILES string of the molecule is Cc1cc(C)cc(OCC(=O)Nc2ccc(N3CCCCC3)c(F)c2)c1. The number of hydrogen-bond acceptors (Lipinski definition) is 3. The van der Waals surface area contributed by atoms with Crippen LogP contribution < -0.4 is 15.0 Å². The van der Waals surface area contributed by atoms with Crippen LogP contribution in [0.4, 0.5) is 15.8 Å². The molecule has 4 nitrogen and oxygen atoms in total. The second-order valence-electron chi connectivity index (χ2n) is 6.87. The smallest absolute Gasteiger partial charge is 0.262 e. The van der Waals surface area contributed by atoms with E-state index in [1.165, 1.54) is 12.5 Å². The van der Waals surface area contributed by atoms with E-state index in [-0.39, 0.29) is 18.3 Å². The van der Waals surface area contributed by atoms with Crippen LogP contribution in [-0.2, 0) is 4.79 Å². The molecule has 1 saturated heterocycles. The third-order valence-corrected chi connectivity index (χ3v) is 4.49. The van der Waals surface area contributed by atoms with E-state index >= 15 is 0 Å². The quantitative estimate of drug-likeness (QED) is 0.860. The number of nitrogens with zero attached hydrogens (tertiary/aromatic N) is 1. The molecule has 138 valence electrons. The molecule has 1 N–H and O–H groups in total. The van der Waals surface area contributed by atoms with E-state index in [9.17, 15) is 9.18 Å². The number of piperidine rings is 1. The molecule has 0 radical (unpaired) electrons. The van der Waals surface area contributed by atoms with Gasteiger partial charge in [-0.25, -0.2) is 4.39 Å². The van der Waals surface area contributed by atoms with Gasteiger partial charge in [-0.3, -0.25) is 4.79 Å². The molecule has 0 saturated carbocycles. The number of rotatable bonds is 5. The lowest BCUT2D eigenvalue weighted by atomic mass is 10.1. The van der Waals surface area contributed by atoms with Crippen molar-refractivity contribution in [3.05, 3.63) is 53.3 Å². The minimum atomic E-state index is -0.311. The maximum absolute atomic E-state index is 14.4. The first-order valence-corrected chi connectivity index (χ1v) is 9.07. The van der Waals surface area contributed by atoms with Crippen LogP contribution in [0.1, 0.15) is 30.4 Å². The van der Waals surface area contributed by atoms with Gasteiger partial charge in [0, 0.05) is 18.8 Å². The second-order valence-corrected chi connectivity index (χ2v) is 6.87. The highest BCUT2D eigenvalue weighted by atomic mass is 19.1. The Kier molecular flexibility index (Phi) is 5.76. The first kappa shape index (κ1) is 18.2. The summed E-state index contributed by atoms with van der Waals surface area (Å²) in [5.74, 6) is 0.0403. The zero-order valence-electron chi connectivity index (χ0n) is 15.3. The minimum Gasteiger partial charge on any atom is -0.484 e. The molecule has 0 aromatic heterocycles. The molecule has 3 rings (SSSR count). The van der Waals surface area contributed by atoms with Crippen LogP contribution >= 0.6 is 0 Å². The zero-order chi connectivity index (χ0) is 18.5. The van der Waals surface area contributed by atoms with Crippen molar-refractivity contribution in [2.45, 2.75) is 33.1 Å². The van der Waals surface area contributed by atoms with Gasteiger partial charge in [0.1, 0.15) is 11.6 Å². The highest BCUT2D eigenvalue weighted by Gasteiger charge is 2.15. The molecule has 1 aliphatic rings. The number of halogens is 1. The van der Waals surface area contributed by atoms with E-state index in [4.69, 9.17) is 4.74 Å². The van der Waals surface area contributed by atoms with E-state index in [0.717, 1.165) is 37.1 Å².